The van der Waals surface area contributed by atoms with Crippen LogP contribution in [0.5, 0.6) is 5.75 Å². The first-order chi connectivity index (χ1) is 24.7. The highest BCUT2D eigenvalue weighted by molar-refractivity contribution is 7.84. The van der Waals surface area contributed by atoms with E-state index < -0.39 is 16.6 Å². The smallest absolute Gasteiger partial charge is 0.263 e. The number of amides is 1. The molecule has 0 bridgehead atoms. The molecule has 2 fully saturated rings. The number of carbonyl (C=O) groups is 1. The minimum Gasteiger partial charge on any atom is -0.491 e. The Balaban J connectivity index is 1.41. The lowest BCUT2D eigenvalue weighted by Crippen LogP contribution is -2.56. The topological polar surface area (TPSA) is 92.4 Å². The van der Waals surface area contributed by atoms with Gasteiger partial charge in [0.25, 0.3) is 5.91 Å². The highest BCUT2D eigenvalue weighted by Gasteiger charge is 2.47. The zero-order chi connectivity index (χ0) is 36.4. The minimum atomic E-state index is -1.46. The lowest BCUT2D eigenvalue weighted by atomic mass is 9.64. The first-order valence-electron chi connectivity index (χ1n) is 19.2. The van der Waals surface area contributed by atoms with Crippen LogP contribution in [0.25, 0.3) is 0 Å². The number of fused-ring (bicyclic) bond motifs is 1. The van der Waals surface area contributed by atoms with Crippen LogP contribution in [0.3, 0.4) is 0 Å². The lowest BCUT2D eigenvalue weighted by Gasteiger charge is -2.50. The number of hydrogen-bond acceptors (Lipinski definition) is 8. The molecular formula is C40H61ClN4O5S. The Hall–Kier alpha value is -2.21. The van der Waals surface area contributed by atoms with Crippen molar-refractivity contribution < 1.29 is 23.2 Å². The third-order valence-electron chi connectivity index (χ3n) is 11.0. The molecular weight excluding hydrogens is 684 g/mol. The van der Waals surface area contributed by atoms with Gasteiger partial charge in [-0.3, -0.25) is 14.4 Å². The molecule has 4 aliphatic rings. The molecule has 2 aliphatic heterocycles. The normalized spacial score (nSPS) is 26.0. The van der Waals surface area contributed by atoms with Crippen LogP contribution in [0.15, 0.2) is 53.6 Å². The van der Waals surface area contributed by atoms with E-state index in [0.29, 0.717) is 24.0 Å². The first-order valence-corrected chi connectivity index (χ1v) is 20.8. The predicted molar refractivity (Wildman–Crippen MR) is 209 cm³/mol. The summed E-state index contributed by atoms with van der Waals surface area (Å²) < 4.78 is 33.8. The van der Waals surface area contributed by atoms with Gasteiger partial charge in [-0.05, 0) is 81.6 Å². The number of methoxy groups -OCH3 is 1. The highest BCUT2D eigenvalue weighted by atomic mass is 35.5. The van der Waals surface area contributed by atoms with E-state index >= 15 is 0 Å². The average molecular weight is 745 g/mol. The molecule has 2 N–H and O–H groups in total. The van der Waals surface area contributed by atoms with Gasteiger partial charge in [0, 0.05) is 69.7 Å². The second-order valence-electron chi connectivity index (χ2n) is 14.8. The van der Waals surface area contributed by atoms with Gasteiger partial charge in [-0.25, -0.2) is 4.21 Å². The minimum absolute atomic E-state index is 0.0179. The fourth-order valence-electron chi connectivity index (χ4n) is 7.97. The second-order valence-corrected chi connectivity index (χ2v) is 17.1. The van der Waals surface area contributed by atoms with Gasteiger partial charge in [0.15, 0.2) is 0 Å². The van der Waals surface area contributed by atoms with Gasteiger partial charge in [0.2, 0.25) is 0 Å². The van der Waals surface area contributed by atoms with E-state index in [0.717, 1.165) is 109 Å². The molecule has 2 aliphatic carbocycles. The van der Waals surface area contributed by atoms with Crippen molar-refractivity contribution in [2.75, 3.05) is 77.6 Å². The number of benzene rings is 1. The molecule has 1 saturated heterocycles. The summed E-state index contributed by atoms with van der Waals surface area (Å²) in [5.41, 5.74) is 3.73. The van der Waals surface area contributed by atoms with Gasteiger partial charge in [0.05, 0.1) is 30.9 Å². The van der Waals surface area contributed by atoms with Crippen molar-refractivity contribution in [3.05, 3.63) is 59.2 Å². The largest absolute Gasteiger partial charge is 0.491 e. The summed E-state index contributed by atoms with van der Waals surface area (Å²) in [4.78, 5) is 18.2. The number of morpholine rings is 1. The van der Waals surface area contributed by atoms with Crippen molar-refractivity contribution in [3.63, 3.8) is 0 Å². The molecule has 6 atom stereocenters. The number of alkyl halides is 1. The Morgan fingerprint density at radius 1 is 1.22 bits per heavy atom. The van der Waals surface area contributed by atoms with Crippen molar-refractivity contribution in [1.82, 2.24) is 14.9 Å². The third-order valence-corrected chi connectivity index (χ3v) is 12.6. The molecule has 0 radical (unpaired) electrons. The molecule has 1 saturated carbocycles. The fourth-order valence-corrected chi connectivity index (χ4v) is 8.76. The van der Waals surface area contributed by atoms with Crippen LogP contribution >= 0.6 is 11.6 Å². The molecule has 11 heteroatoms. The molecule has 51 heavy (non-hydrogen) atoms. The summed E-state index contributed by atoms with van der Waals surface area (Å²) >= 11 is 6.62. The monoisotopic (exact) mass is 744 g/mol. The van der Waals surface area contributed by atoms with E-state index in [-0.39, 0.29) is 22.5 Å². The third kappa shape index (κ3) is 10.3. The van der Waals surface area contributed by atoms with Crippen LogP contribution in [0.4, 0.5) is 5.69 Å². The van der Waals surface area contributed by atoms with E-state index in [2.05, 4.69) is 58.0 Å². The van der Waals surface area contributed by atoms with Gasteiger partial charge in [-0.1, -0.05) is 50.1 Å². The average Bonchev–Trinajstić information content (AvgIpc) is 3.30. The molecule has 1 aromatic rings. The van der Waals surface area contributed by atoms with Gasteiger partial charge in [-0.15, -0.1) is 11.6 Å². The van der Waals surface area contributed by atoms with E-state index in [1.54, 1.807) is 6.07 Å². The molecule has 0 aromatic heterocycles. The molecule has 5 unspecified atom stereocenters. The maximum Gasteiger partial charge on any atom is 0.263 e. The summed E-state index contributed by atoms with van der Waals surface area (Å²) in [6.45, 7) is 16.4. The van der Waals surface area contributed by atoms with Gasteiger partial charge < -0.3 is 24.4 Å². The summed E-state index contributed by atoms with van der Waals surface area (Å²) in [6.07, 6.45) is 15.0. The van der Waals surface area contributed by atoms with Crippen molar-refractivity contribution in [2.45, 2.75) is 82.4 Å². The molecule has 1 aromatic carbocycles. The van der Waals surface area contributed by atoms with Crippen LogP contribution in [0.1, 0.15) is 76.6 Å². The maximum absolute atomic E-state index is 13.3. The van der Waals surface area contributed by atoms with Crippen LogP contribution in [-0.4, -0.2) is 104 Å². The zero-order valence-corrected chi connectivity index (χ0v) is 33.0. The summed E-state index contributed by atoms with van der Waals surface area (Å²) in [7, 11) is 0.395. The van der Waals surface area contributed by atoms with Gasteiger partial charge in [-0.2, -0.15) is 0 Å². The summed E-state index contributed by atoms with van der Waals surface area (Å²) in [5.74, 6) is 1.29. The molecule has 9 nitrogen and oxygen atoms in total. The standard InChI is InChI=1S/C40H61ClN4O5S/c1-6-8-16-40(48-5,28-42-17-18-44-19-21-49-22-20-44)36-14-10-32(36)25-45-26-33(35-13-12-34(41)23-30(35)9-7-2)27-50-38-15-11-31(24-37(38)45)39(46)43-51(47)29(3)4/h8,11-13,15-16,24,29,32-34,36,42H,6-7,9-10,14,17-23,25-28H2,1-5H3,(H,43,46)/b16-8+/t32?,33?,34?,36?,40-,51?/m1/s1. The maximum atomic E-state index is 13.3. The molecule has 1 amide bonds. The second kappa shape index (κ2) is 19.2. The van der Waals surface area contributed by atoms with Crippen LogP contribution in [-0.2, 0) is 20.5 Å². The quantitative estimate of drug-likeness (QED) is 0.110. The number of nitrogens with one attached hydrogen (secondary N) is 2. The number of allylic oxidation sites excluding steroid dienone is 4. The molecule has 284 valence electrons. The molecule has 0 spiro atoms. The van der Waals surface area contributed by atoms with Crippen molar-refractivity contribution >= 4 is 34.2 Å². The Kier molecular flexibility index (Phi) is 15.1. The number of rotatable bonds is 17. The number of hydrogen-bond donors (Lipinski definition) is 2. The number of halogens is 1. The van der Waals surface area contributed by atoms with Crippen LogP contribution < -0.4 is 19.7 Å². The lowest BCUT2D eigenvalue weighted by molar-refractivity contribution is -0.0734. The SMILES string of the molecule is CC/C=C/[C@](CNCCN1CCOCC1)(OC)C1CCC1CN1CC(C2=C(CCC)CC(Cl)C=C2)COc2ccc(C(=O)NS(=O)C(C)C)cc21. The fraction of sp³-hybridized carbons (Fsp3) is 0.675. The Bertz CT molecular complexity index is 1430. The van der Waals surface area contributed by atoms with Crippen molar-refractivity contribution in [2.24, 2.45) is 17.8 Å². The van der Waals surface area contributed by atoms with E-state index in [9.17, 15) is 9.00 Å². The Labute approximate surface area is 314 Å². The van der Waals surface area contributed by atoms with Crippen LogP contribution in [0, 0.1) is 17.8 Å². The molecule has 5 rings (SSSR count). The van der Waals surface area contributed by atoms with Crippen LogP contribution in [0.2, 0.25) is 0 Å². The molecule has 2 heterocycles. The predicted octanol–water partition coefficient (Wildman–Crippen LogP) is 6.27. The Morgan fingerprint density at radius 3 is 2.71 bits per heavy atom. The van der Waals surface area contributed by atoms with E-state index in [1.807, 2.05) is 33.1 Å². The number of carbonyl (C=O) groups excluding carboxylic acids is 1. The summed E-state index contributed by atoms with van der Waals surface area (Å²) in [5, 5.41) is 3.60. The number of nitrogens with zero attached hydrogens (tertiary/aromatic N) is 2. The Morgan fingerprint density at radius 2 is 2.02 bits per heavy atom. The summed E-state index contributed by atoms with van der Waals surface area (Å²) in [6, 6.07) is 5.62. The number of anilines is 1. The van der Waals surface area contributed by atoms with Gasteiger partial charge in [0.1, 0.15) is 22.3 Å². The van der Waals surface area contributed by atoms with Crippen molar-refractivity contribution in [3.8, 4) is 5.75 Å². The highest BCUT2D eigenvalue weighted by Crippen LogP contribution is 2.47. The van der Waals surface area contributed by atoms with E-state index in [1.165, 1.54) is 11.1 Å². The number of ether oxygens (including phenoxy) is 3. The zero-order valence-electron chi connectivity index (χ0n) is 31.5. The van der Waals surface area contributed by atoms with E-state index in [4.69, 9.17) is 25.8 Å². The van der Waals surface area contributed by atoms with Crippen molar-refractivity contribution in [1.29, 1.82) is 0 Å². The van der Waals surface area contributed by atoms with Gasteiger partial charge >= 0.3 is 0 Å². The first kappa shape index (κ1) is 40.0.